The van der Waals surface area contributed by atoms with Gasteiger partial charge >= 0.3 is 5.69 Å². The second-order valence-corrected chi connectivity index (χ2v) is 9.41. The van der Waals surface area contributed by atoms with Gasteiger partial charge in [0.1, 0.15) is 17.5 Å². The molecule has 5 rings (SSSR count). The number of fused-ring (bicyclic) bond motifs is 1. The molecule has 0 atom stereocenters. The van der Waals surface area contributed by atoms with E-state index >= 15 is 0 Å². The maximum atomic E-state index is 12.9. The molecule has 0 saturated heterocycles. The minimum atomic E-state index is -0.525. The Morgan fingerprint density at radius 3 is 2.33 bits per heavy atom. The van der Waals surface area contributed by atoms with Crippen LogP contribution in [-0.2, 0) is 20.6 Å². The van der Waals surface area contributed by atoms with Gasteiger partial charge in [0.15, 0.2) is 5.65 Å². The number of hydrogen-bond donors (Lipinski definition) is 2. The first-order valence-electron chi connectivity index (χ1n) is 11.8. The Morgan fingerprint density at radius 1 is 0.923 bits per heavy atom. The summed E-state index contributed by atoms with van der Waals surface area (Å²) in [5.74, 6) is 0.646. The van der Waals surface area contributed by atoms with E-state index < -0.39 is 11.2 Å². The van der Waals surface area contributed by atoms with Crippen molar-refractivity contribution in [2.75, 3.05) is 12.4 Å². The molecule has 0 bridgehead atoms. The van der Waals surface area contributed by atoms with Crippen molar-refractivity contribution in [2.24, 2.45) is 19.8 Å². The average molecular weight is 564 g/mol. The molecule has 0 aliphatic rings. The van der Waals surface area contributed by atoms with Gasteiger partial charge in [-0.15, -0.1) is 0 Å². The van der Waals surface area contributed by atoms with Gasteiger partial charge < -0.3 is 15.8 Å². The summed E-state index contributed by atoms with van der Waals surface area (Å²) < 4.78 is 7.68. The number of halogens is 2. The molecule has 3 aromatic heterocycles. The van der Waals surface area contributed by atoms with Crippen LogP contribution in [0.25, 0.3) is 33.4 Å². The lowest BCUT2D eigenvalue weighted by atomic mass is 10.00. The third kappa shape index (κ3) is 4.52. The zero-order valence-corrected chi connectivity index (χ0v) is 22.7. The quantitative estimate of drug-likeness (QED) is 0.313. The summed E-state index contributed by atoms with van der Waals surface area (Å²) in [6.07, 6.45) is 1.28. The number of pyridine rings is 1. The van der Waals surface area contributed by atoms with E-state index in [1.54, 1.807) is 12.1 Å². The van der Waals surface area contributed by atoms with Gasteiger partial charge in [-0.05, 0) is 12.1 Å². The van der Waals surface area contributed by atoms with Gasteiger partial charge in [-0.25, -0.2) is 19.7 Å². The first-order chi connectivity index (χ1) is 18.8. The van der Waals surface area contributed by atoms with Crippen molar-refractivity contribution in [3.05, 3.63) is 91.3 Å². The summed E-state index contributed by atoms with van der Waals surface area (Å²) in [5, 5.41) is 4.10. The molecule has 0 radical (unpaired) electrons. The standard InChI is InChI=1S/C27H23Cl2N7O3/c1-35-24-20(26(37)36(2)27(35)38)23(31-13-32-24)33-19-9-5-7-16(22(19)29)15-6-4-8-17(21(15)28)18-11-10-14(12-30)25(34-18)39-3/h4-11,13H,12,30H2,1-3H3,(H,31,32,33). The predicted octanol–water partition coefficient (Wildman–Crippen LogP) is 4.27. The van der Waals surface area contributed by atoms with Crippen molar-refractivity contribution >= 4 is 45.7 Å². The number of nitrogens with one attached hydrogen (secondary N) is 1. The number of nitrogens with two attached hydrogens (primary N) is 1. The molecule has 0 aliphatic carbocycles. The lowest BCUT2D eigenvalue weighted by Gasteiger charge is -2.16. The first kappa shape index (κ1) is 26.4. The number of anilines is 2. The van der Waals surface area contributed by atoms with E-state index in [9.17, 15) is 9.59 Å². The predicted molar refractivity (Wildman–Crippen MR) is 153 cm³/mol. The Morgan fingerprint density at radius 2 is 1.62 bits per heavy atom. The molecule has 0 unspecified atom stereocenters. The van der Waals surface area contributed by atoms with Gasteiger partial charge in [-0.2, -0.15) is 0 Å². The van der Waals surface area contributed by atoms with Crippen LogP contribution in [0.1, 0.15) is 5.56 Å². The molecular formula is C27H23Cl2N7O3. The highest BCUT2D eigenvalue weighted by atomic mass is 35.5. The van der Waals surface area contributed by atoms with Crippen LogP contribution in [0.4, 0.5) is 11.5 Å². The van der Waals surface area contributed by atoms with Crippen LogP contribution in [0, 0.1) is 0 Å². The van der Waals surface area contributed by atoms with Crippen LogP contribution in [0.2, 0.25) is 10.0 Å². The largest absolute Gasteiger partial charge is 0.481 e. The Hall–Kier alpha value is -4.25. The zero-order chi connectivity index (χ0) is 27.8. The number of hydrogen-bond acceptors (Lipinski definition) is 8. The smallest absolute Gasteiger partial charge is 0.332 e. The lowest BCUT2D eigenvalue weighted by Crippen LogP contribution is -2.37. The van der Waals surface area contributed by atoms with Crippen LogP contribution in [-0.4, -0.2) is 31.2 Å². The molecule has 0 fully saturated rings. The van der Waals surface area contributed by atoms with Gasteiger partial charge in [0.05, 0.1) is 28.5 Å². The second kappa shape index (κ2) is 10.5. The van der Waals surface area contributed by atoms with E-state index in [4.69, 9.17) is 33.7 Å². The molecule has 12 heteroatoms. The molecule has 3 heterocycles. The number of nitrogens with zero attached hydrogens (tertiary/aromatic N) is 5. The highest BCUT2D eigenvalue weighted by Gasteiger charge is 2.19. The number of rotatable bonds is 6. The minimum Gasteiger partial charge on any atom is -0.481 e. The summed E-state index contributed by atoms with van der Waals surface area (Å²) in [6.45, 7) is 0.295. The number of ether oxygens (including phenoxy) is 1. The molecule has 0 amide bonds. The van der Waals surface area contributed by atoms with Gasteiger partial charge in [-0.3, -0.25) is 13.9 Å². The van der Waals surface area contributed by atoms with Crippen molar-refractivity contribution in [3.8, 4) is 28.3 Å². The highest BCUT2D eigenvalue weighted by molar-refractivity contribution is 6.39. The molecule has 5 aromatic rings. The topological polar surface area (TPSA) is 130 Å². The van der Waals surface area contributed by atoms with E-state index in [2.05, 4.69) is 20.3 Å². The Bertz CT molecular complexity index is 1870. The summed E-state index contributed by atoms with van der Waals surface area (Å²) in [5.41, 5.74) is 8.88. The summed E-state index contributed by atoms with van der Waals surface area (Å²) in [4.78, 5) is 38.3. The Balaban J connectivity index is 1.60. The monoisotopic (exact) mass is 563 g/mol. The molecule has 10 nitrogen and oxygen atoms in total. The van der Waals surface area contributed by atoms with E-state index in [1.807, 2.05) is 36.4 Å². The number of benzene rings is 2. The fraction of sp³-hybridized carbons (Fsp3) is 0.148. The van der Waals surface area contributed by atoms with Gasteiger partial charge in [0.2, 0.25) is 5.88 Å². The number of methoxy groups -OCH3 is 1. The normalized spacial score (nSPS) is 11.1. The van der Waals surface area contributed by atoms with Crippen LogP contribution in [0.5, 0.6) is 5.88 Å². The van der Waals surface area contributed by atoms with Crippen molar-refractivity contribution in [1.82, 2.24) is 24.1 Å². The van der Waals surface area contributed by atoms with Crippen LogP contribution >= 0.6 is 23.2 Å². The maximum Gasteiger partial charge on any atom is 0.332 e. The van der Waals surface area contributed by atoms with E-state index in [0.717, 1.165) is 10.1 Å². The van der Waals surface area contributed by atoms with Crippen molar-refractivity contribution in [1.29, 1.82) is 0 Å². The average Bonchev–Trinajstić information content (AvgIpc) is 2.96. The molecular weight excluding hydrogens is 541 g/mol. The zero-order valence-electron chi connectivity index (χ0n) is 21.2. The first-order valence-corrected chi connectivity index (χ1v) is 12.5. The van der Waals surface area contributed by atoms with Gasteiger partial charge in [-0.1, -0.05) is 59.6 Å². The molecule has 0 aliphatic heterocycles. The number of aryl methyl sites for hydroxylation is 1. The maximum absolute atomic E-state index is 12.9. The van der Waals surface area contributed by atoms with E-state index in [0.29, 0.717) is 50.5 Å². The fourth-order valence-electron chi connectivity index (χ4n) is 4.35. The molecule has 0 saturated carbocycles. The van der Waals surface area contributed by atoms with Crippen LogP contribution in [0.15, 0.2) is 64.4 Å². The summed E-state index contributed by atoms with van der Waals surface area (Å²) in [6, 6.07) is 14.7. The van der Waals surface area contributed by atoms with Crippen molar-refractivity contribution in [3.63, 3.8) is 0 Å². The lowest BCUT2D eigenvalue weighted by molar-refractivity contribution is 0.393. The van der Waals surface area contributed by atoms with Crippen molar-refractivity contribution in [2.45, 2.75) is 6.54 Å². The SMILES string of the molecule is COc1nc(-c2cccc(-c3cccc(Nc4ncnc5c4c(=O)n(C)c(=O)n5C)c3Cl)c2Cl)ccc1CN. The van der Waals surface area contributed by atoms with Gasteiger partial charge in [0, 0.05) is 42.9 Å². The van der Waals surface area contributed by atoms with E-state index in [-0.39, 0.29) is 16.9 Å². The summed E-state index contributed by atoms with van der Waals surface area (Å²) in [7, 11) is 4.48. The molecule has 3 N–H and O–H groups in total. The van der Waals surface area contributed by atoms with E-state index in [1.165, 1.54) is 32.1 Å². The molecule has 198 valence electrons. The third-order valence-electron chi connectivity index (χ3n) is 6.41. The highest BCUT2D eigenvalue weighted by Crippen LogP contribution is 2.42. The molecule has 39 heavy (non-hydrogen) atoms. The van der Waals surface area contributed by atoms with Crippen molar-refractivity contribution < 1.29 is 4.74 Å². The minimum absolute atomic E-state index is 0.157. The fourth-order valence-corrected chi connectivity index (χ4v) is 4.95. The van der Waals surface area contributed by atoms with Gasteiger partial charge in [0.25, 0.3) is 5.56 Å². The molecule has 0 spiro atoms. The second-order valence-electron chi connectivity index (χ2n) is 8.65. The van der Waals surface area contributed by atoms with Crippen LogP contribution < -0.4 is 27.0 Å². The number of aromatic nitrogens is 5. The van der Waals surface area contributed by atoms with Crippen LogP contribution in [0.3, 0.4) is 0 Å². The Labute approximate surface area is 232 Å². The Kier molecular flexibility index (Phi) is 7.09. The summed E-state index contributed by atoms with van der Waals surface area (Å²) >= 11 is 13.8. The third-order valence-corrected chi connectivity index (χ3v) is 7.22. The molecule has 2 aromatic carbocycles.